The number of aromatic amines is 1. The molecule has 0 amide bonds. The Morgan fingerprint density at radius 2 is 2.41 bits per heavy atom. The number of rotatable bonds is 7. The van der Waals surface area contributed by atoms with E-state index in [1.54, 1.807) is 7.11 Å². The number of nitrogens with zero attached hydrogens (tertiary/aromatic N) is 2. The summed E-state index contributed by atoms with van der Waals surface area (Å²) in [6.45, 7) is 1.63. The number of hydrogen-bond donors (Lipinski definition) is 2. The third-order valence-electron chi connectivity index (χ3n) is 2.18. The zero-order valence-electron chi connectivity index (χ0n) is 9.68. The second-order valence-electron chi connectivity index (χ2n) is 3.44. The molecular weight excluding hydrogens is 240 g/mol. The minimum absolute atomic E-state index is 0.230. The largest absolute Gasteiger partial charge is 0.393 e. The molecule has 1 heterocycles. The molecule has 3 N–H and O–H groups in total. The molecule has 0 radical (unpaired) electrons. The maximum atomic E-state index is 11.6. The number of thiocarbonyl (C=S) groups is 1. The SMILES string of the molecule is COCCN(CCC(N)=S)c1ncc[nH]c1=O. The van der Waals surface area contributed by atoms with Gasteiger partial charge in [0.05, 0.1) is 11.6 Å². The molecule has 0 aliphatic heterocycles. The zero-order valence-corrected chi connectivity index (χ0v) is 10.5. The molecule has 7 heteroatoms. The molecule has 0 aliphatic rings. The molecule has 1 aromatic rings. The van der Waals surface area contributed by atoms with E-state index in [1.165, 1.54) is 12.4 Å². The quantitative estimate of drug-likeness (QED) is 0.663. The highest BCUT2D eigenvalue weighted by atomic mass is 32.1. The second-order valence-corrected chi connectivity index (χ2v) is 3.96. The van der Waals surface area contributed by atoms with Crippen molar-refractivity contribution in [1.29, 1.82) is 0 Å². The van der Waals surface area contributed by atoms with Gasteiger partial charge in [-0.1, -0.05) is 12.2 Å². The maximum Gasteiger partial charge on any atom is 0.290 e. The van der Waals surface area contributed by atoms with Crippen molar-refractivity contribution in [1.82, 2.24) is 9.97 Å². The minimum Gasteiger partial charge on any atom is -0.393 e. The first kappa shape index (κ1) is 13.6. The van der Waals surface area contributed by atoms with Gasteiger partial charge in [-0.25, -0.2) is 4.98 Å². The Morgan fingerprint density at radius 1 is 1.65 bits per heavy atom. The van der Waals surface area contributed by atoms with E-state index in [9.17, 15) is 4.79 Å². The van der Waals surface area contributed by atoms with Crippen LogP contribution in [0.3, 0.4) is 0 Å². The fraction of sp³-hybridized carbons (Fsp3) is 0.500. The van der Waals surface area contributed by atoms with Crippen LogP contribution in [-0.4, -0.2) is 41.8 Å². The highest BCUT2D eigenvalue weighted by molar-refractivity contribution is 7.80. The van der Waals surface area contributed by atoms with Gasteiger partial charge < -0.3 is 20.4 Å². The standard InChI is InChI=1S/C10H16N4O2S/c1-16-7-6-14(5-2-8(11)17)9-10(15)13-4-3-12-9/h3-4H,2,5-7H2,1H3,(H2,11,17)(H,13,15). The van der Waals surface area contributed by atoms with Crippen molar-refractivity contribution in [2.45, 2.75) is 6.42 Å². The Hall–Kier alpha value is -1.47. The van der Waals surface area contributed by atoms with Crippen molar-refractivity contribution < 1.29 is 4.74 Å². The fourth-order valence-electron chi connectivity index (χ4n) is 1.34. The van der Waals surface area contributed by atoms with E-state index in [4.69, 9.17) is 22.7 Å². The van der Waals surface area contributed by atoms with Gasteiger partial charge in [0.1, 0.15) is 0 Å². The summed E-state index contributed by atoms with van der Waals surface area (Å²) in [6.07, 6.45) is 3.57. The van der Waals surface area contributed by atoms with Crippen molar-refractivity contribution in [2.24, 2.45) is 5.73 Å². The van der Waals surface area contributed by atoms with Crippen LogP contribution in [0.1, 0.15) is 6.42 Å². The van der Waals surface area contributed by atoms with Gasteiger partial charge in [0.15, 0.2) is 5.82 Å². The lowest BCUT2D eigenvalue weighted by atomic mass is 10.3. The topological polar surface area (TPSA) is 84.2 Å². The molecule has 94 valence electrons. The van der Waals surface area contributed by atoms with Gasteiger partial charge in [-0.2, -0.15) is 0 Å². The lowest BCUT2D eigenvalue weighted by Crippen LogP contribution is -2.35. The van der Waals surface area contributed by atoms with E-state index >= 15 is 0 Å². The average Bonchev–Trinajstić information content (AvgIpc) is 2.30. The van der Waals surface area contributed by atoms with Crippen molar-refractivity contribution in [3.05, 3.63) is 22.7 Å². The van der Waals surface area contributed by atoms with Gasteiger partial charge in [0.2, 0.25) is 0 Å². The van der Waals surface area contributed by atoms with Crippen molar-refractivity contribution in [3.63, 3.8) is 0 Å². The van der Waals surface area contributed by atoms with Crippen LogP contribution in [0.5, 0.6) is 0 Å². The summed E-state index contributed by atoms with van der Waals surface area (Å²) in [5.41, 5.74) is 5.22. The lowest BCUT2D eigenvalue weighted by molar-refractivity contribution is 0.205. The number of H-pyrrole nitrogens is 1. The molecule has 0 saturated carbocycles. The molecule has 0 saturated heterocycles. The first-order valence-electron chi connectivity index (χ1n) is 5.21. The predicted octanol–water partition coefficient (Wildman–Crippen LogP) is -0.101. The van der Waals surface area contributed by atoms with Crippen LogP contribution < -0.4 is 16.2 Å². The van der Waals surface area contributed by atoms with Gasteiger partial charge >= 0.3 is 0 Å². The molecule has 0 fully saturated rings. The Labute approximate surface area is 105 Å². The summed E-state index contributed by atoms with van der Waals surface area (Å²) in [5.74, 6) is 0.362. The smallest absolute Gasteiger partial charge is 0.290 e. The van der Waals surface area contributed by atoms with Crippen LogP contribution in [-0.2, 0) is 4.74 Å². The van der Waals surface area contributed by atoms with Crippen LogP contribution in [0.25, 0.3) is 0 Å². The van der Waals surface area contributed by atoms with E-state index in [0.717, 1.165) is 0 Å². The summed E-state index contributed by atoms with van der Waals surface area (Å²) in [7, 11) is 1.61. The molecule has 6 nitrogen and oxygen atoms in total. The van der Waals surface area contributed by atoms with Crippen LogP contribution >= 0.6 is 12.2 Å². The molecule has 0 aromatic carbocycles. The Balaban J connectivity index is 2.78. The third-order valence-corrected chi connectivity index (χ3v) is 2.39. The maximum absolute atomic E-state index is 11.6. The summed E-state index contributed by atoms with van der Waals surface area (Å²) < 4.78 is 4.99. The summed E-state index contributed by atoms with van der Waals surface area (Å²) >= 11 is 4.82. The van der Waals surface area contributed by atoms with E-state index < -0.39 is 0 Å². The molecule has 17 heavy (non-hydrogen) atoms. The number of aromatic nitrogens is 2. The van der Waals surface area contributed by atoms with E-state index in [-0.39, 0.29) is 5.56 Å². The van der Waals surface area contributed by atoms with Crippen molar-refractivity contribution in [3.8, 4) is 0 Å². The van der Waals surface area contributed by atoms with Gasteiger partial charge in [0, 0.05) is 39.0 Å². The fourth-order valence-corrected chi connectivity index (χ4v) is 1.43. The Morgan fingerprint density at radius 3 is 3.00 bits per heavy atom. The second kappa shape index (κ2) is 6.97. The van der Waals surface area contributed by atoms with Gasteiger partial charge in [-0.15, -0.1) is 0 Å². The summed E-state index contributed by atoms with van der Waals surface area (Å²) in [5, 5.41) is 0. The van der Waals surface area contributed by atoms with E-state index in [2.05, 4.69) is 9.97 Å². The van der Waals surface area contributed by atoms with Crippen LogP contribution in [0.4, 0.5) is 5.82 Å². The van der Waals surface area contributed by atoms with Crippen molar-refractivity contribution >= 4 is 23.0 Å². The highest BCUT2D eigenvalue weighted by Gasteiger charge is 2.11. The number of hydrogen-bond acceptors (Lipinski definition) is 5. The lowest BCUT2D eigenvalue weighted by Gasteiger charge is -2.21. The molecule has 0 atom stereocenters. The number of anilines is 1. The van der Waals surface area contributed by atoms with Gasteiger partial charge in [-0.05, 0) is 0 Å². The predicted molar refractivity (Wildman–Crippen MR) is 70.3 cm³/mol. The molecule has 1 aromatic heterocycles. The normalized spacial score (nSPS) is 10.2. The average molecular weight is 256 g/mol. The molecule has 0 spiro atoms. The first-order chi connectivity index (χ1) is 8.15. The van der Waals surface area contributed by atoms with Crippen LogP contribution in [0.2, 0.25) is 0 Å². The van der Waals surface area contributed by atoms with E-state index in [1.807, 2.05) is 4.90 Å². The molecule has 0 bridgehead atoms. The highest BCUT2D eigenvalue weighted by Crippen LogP contribution is 2.03. The first-order valence-corrected chi connectivity index (χ1v) is 5.62. The summed E-state index contributed by atoms with van der Waals surface area (Å²) in [6, 6.07) is 0. The van der Waals surface area contributed by atoms with Crippen molar-refractivity contribution in [2.75, 3.05) is 31.7 Å². The zero-order chi connectivity index (χ0) is 12.7. The summed E-state index contributed by atoms with van der Waals surface area (Å²) in [4.78, 5) is 20.5. The molecule has 1 rings (SSSR count). The Kier molecular flexibility index (Phi) is 5.58. The third kappa shape index (κ3) is 4.49. The molecule has 0 unspecified atom stereocenters. The monoisotopic (exact) mass is 256 g/mol. The van der Waals surface area contributed by atoms with E-state index in [0.29, 0.717) is 36.9 Å². The number of ether oxygens (including phenoxy) is 1. The van der Waals surface area contributed by atoms with Crippen LogP contribution in [0, 0.1) is 0 Å². The molecular formula is C10H16N4O2S. The Bertz CT molecular complexity index is 421. The minimum atomic E-state index is -0.230. The number of nitrogens with two attached hydrogens (primary N) is 1. The van der Waals surface area contributed by atoms with Gasteiger partial charge in [-0.3, -0.25) is 4.79 Å². The molecule has 0 aliphatic carbocycles. The van der Waals surface area contributed by atoms with Crippen LogP contribution in [0.15, 0.2) is 17.2 Å². The number of methoxy groups -OCH3 is 1. The van der Waals surface area contributed by atoms with Gasteiger partial charge in [0.25, 0.3) is 5.56 Å². The number of nitrogens with one attached hydrogen (secondary N) is 1.